The summed E-state index contributed by atoms with van der Waals surface area (Å²) in [4.78, 5) is 29.1. The van der Waals surface area contributed by atoms with Crippen molar-refractivity contribution in [2.75, 3.05) is 6.54 Å². The summed E-state index contributed by atoms with van der Waals surface area (Å²) in [5.41, 5.74) is 0.853. The SMILES string of the molecule is C[C@H]1CN(C(=O)c2c[nH]ccc2=O)Cc2nnc(-c3ccccc3)n21. The summed E-state index contributed by atoms with van der Waals surface area (Å²) >= 11 is 0. The van der Waals surface area contributed by atoms with Crippen LogP contribution in [0, 0.1) is 0 Å². The number of nitrogens with one attached hydrogen (secondary N) is 1. The zero-order valence-corrected chi connectivity index (χ0v) is 13.7. The van der Waals surface area contributed by atoms with Crippen LogP contribution in [0.2, 0.25) is 0 Å². The molecule has 4 rings (SSSR count). The van der Waals surface area contributed by atoms with Gasteiger partial charge in [0.25, 0.3) is 5.91 Å². The fraction of sp³-hybridized carbons (Fsp3) is 0.222. The van der Waals surface area contributed by atoms with Crippen LogP contribution < -0.4 is 5.43 Å². The second-order valence-electron chi connectivity index (χ2n) is 6.13. The van der Waals surface area contributed by atoms with E-state index in [2.05, 4.69) is 19.7 Å². The topological polar surface area (TPSA) is 83.9 Å². The molecule has 3 aromatic rings. The first-order valence-electron chi connectivity index (χ1n) is 8.10. The predicted molar refractivity (Wildman–Crippen MR) is 92.0 cm³/mol. The van der Waals surface area contributed by atoms with Gasteiger partial charge in [0.1, 0.15) is 5.56 Å². The number of fused-ring (bicyclic) bond motifs is 1. The monoisotopic (exact) mass is 335 g/mol. The number of aromatic amines is 1. The van der Waals surface area contributed by atoms with Gasteiger partial charge in [-0.25, -0.2) is 0 Å². The van der Waals surface area contributed by atoms with Crippen LogP contribution in [0.4, 0.5) is 0 Å². The quantitative estimate of drug-likeness (QED) is 0.775. The van der Waals surface area contributed by atoms with E-state index < -0.39 is 0 Å². The van der Waals surface area contributed by atoms with E-state index in [9.17, 15) is 9.59 Å². The van der Waals surface area contributed by atoms with E-state index in [0.717, 1.165) is 17.2 Å². The van der Waals surface area contributed by atoms with Crippen LogP contribution in [-0.4, -0.2) is 37.1 Å². The third-order valence-corrected chi connectivity index (χ3v) is 4.40. The van der Waals surface area contributed by atoms with Crippen molar-refractivity contribution in [2.24, 2.45) is 0 Å². The molecule has 0 spiro atoms. The Morgan fingerprint density at radius 2 is 2.00 bits per heavy atom. The lowest BCUT2D eigenvalue weighted by atomic mass is 10.1. The maximum absolute atomic E-state index is 12.7. The summed E-state index contributed by atoms with van der Waals surface area (Å²) in [6.07, 6.45) is 2.96. The van der Waals surface area contributed by atoms with E-state index in [1.807, 2.05) is 37.3 Å². The molecule has 0 saturated heterocycles. The van der Waals surface area contributed by atoms with Gasteiger partial charge in [0.05, 0.1) is 12.6 Å². The van der Waals surface area contributed by atoms with Gasteiger partial charge in [0.15, 0.2) is 17.1 Å². The molecule has 126 valence electrons. The number of hydrogen-bond donors (Lipinski definition) is 1. The highest BCUT2D eigenvalue weighted by Crippen LogP contribution is 2.27. The van der Waals surface area contributed by atoms with Crippen LogP contribution in [0.15, 0.2) is 53.6 Å². The molecular formula is C18H17N5O2. The first-order chi connectivity index (χ1) is 12.1. The maximum Gasteiger partial charge on any atom is 0.259 e. The van der Waals surface area contributed by atoms with Crippen molar-refractivity contribution in [1.82, 2.24) is 24.6 Å². The van der Waals surface area contributed by atoms with Gasteiger partial charge in [0, 0.05) is 30.6 Å². The van der Waals surface area contributed by atoms with Crippen LogP contribution in [0.1, 0.15) is 29.1 Å². The summed E-state index contributed by atoms with van der Waals surface area (Å²) in [7, 11) is 0. The fourth-order valence-electron chi connectivity index (χ4n) is 3.22. The molecule has 0 radical (unpaired) electrons. The molecular weight excluding hydrogens is 318 g/mol. The lowest BCUT2D eigenvalue weighted by Gasteiger charge is -2.32. The molecule has 0 aliphatic carbocycles. The zero-order chi connectivity index (χ0) is 17.4. The Morgan fingerprint density at radius 3 is 2.76 bits per heavy atom. The lowest BCUT2D eigenvalue weighted by Crippen LogP contribution is -2.42. The molecule has 1 aliphatic rings. The Morgan fingerprint density at radius 1 is 1.20 bits per heavy atom. The zero-order valence-electron chi connectivity index (χ0n) is 13.7. The Balaban J connectivity index is 1.67. The highest BCUT2D eigenvalue weighted by atomic mass is 16.2. The van der Waals surface area contributed by atoms with Crippen molar-refractivity contribution < 1.29 is 4.79 Å². The Labute approximate surface area is 143 Å². The average molecular weight is 335 g/mol. The highest BCUT2D eigenvalue weighted by Gasteiger charge is 2.30. The number of H-pyrrole nitrogens is 1. The van der Waals surface area contributed by atoms with Gasteiger partial charge in [-0.2, -0.15) is 0 Å². The van der Waals surface area contributed by atoms with E-state index in [-0.39, 0.29) is 22.9 Å². The molecule has 1 atom stereocenters. The molecule has 2 aromatic heterocycles. The minimum atomic E-state index is -0.288. The second-order valence-corrected chi connectivity index (χ2v) is 6.13. The number of hydrogen-bond acceptors (Lipinski definition) is 4. The van der Waals surface area contributed by atoms with Gasteiger partial charge in [-0.05, 0) is 6.92 Å². The molecule has 0 saturated carbocycles. The fourth-order valence-corrected chi connectivity index (χ4v) is 3.22. The second kappa shape index (κ2) is 6.01. The molecule has 1 aliphatic heterocycles. The third-order valence-electron chi connectivity index (χ3n) is 4.40. The number of carbonyl (C=O) groups is 1. The van der Waals surface area contributed by atoms with Crippen molar-refractivity contribution in [3.8, 4) is 11.4 Å². The molecule has 0 fully saturated rings. The summed E-state index contributed by atoms with van der Waals surface area (Å²) in [6.45, 7) is 2.85. The summed E-state index contributed by atoms with van der Waals surface area (Å²) in [5, 5.41) is 8.58. The Bertz CT molecular complexity index is 976. The Kier molecular flexibility index (Phi) is 3.68. The highest BCUT2D eigenvalue weighted by molar-refractivity contribution is 5.93. The summed E-state index contributed by atoms with van der Waals surface area (Å²) < 4.78 is 2.06. The number of benzene rings is 1. The Hall–Kier alpha value is -3.22. The van der Waals surface area contributed by atoms with Gasteiger partial charge < -0.3 is 14.5 Å². The van der Waals surface area contributed by atoms with Gasteiger partial charge in [0.2, 0.25) is 0 Å². The minimum Gasteiger partial charge on any atom is -0.367 e. The van der Waals surface area contributed by atoms with Crippen molar-refractivity contribution in [1.29, 1.82) is 0 Å². The van der Waals surface area contributed by atoms with Crippen LogP contribution in [-0.2, 0) is 6.54 Å². The van der Waals surface area contributed by atoms with E-state index in [0.29, 0.717) is 13.1 Å². The van der Waals surface area contributed by atoms with E-state index in [1.165, 1.54) is 18.5 Å². The number of rotatable bonds is 2. The number of amides is 1. The largest absolute Gasteiger partial charge is 0.367 e. The summed E-state index contributed by atoms with van der Waals surface area (Å²) in [6, 6.07) is 11.2. The normalized spacial score (nSPS) is 16.5. The van der Waals surface area contributed by atoms with Gasteiger partial charge in [-0.1, -0.05) is 30.3 Å². The van der Waals surface area contributed by atoms with Crippen LogP contribution in [0.5, 0.6) is 0 Å². The number of aromatic nitrogens is 4. The molecule has 7 nitrogen and oxygen atoms in total. The molecule has 7 heteroatoms. The molecule has 0 bridgehead atoms. The number of carbonyl (C=O) groups excluding carboxylic acids is 1. The minimum absolute atomic E-state index is 0.0145. The first-order valence-corrected chi connectivity index (χ1v) is 8.10. The maximum atomic E-state index is 12.7. The van der Waals surface area contributed by atoms with E-state index in [1.54, 1.807) is 4.90 Å². The average Bonchev–Trinajstić information content (AvgIpc) is 3.07. The van der Waals surface area contributed by atoms with E-state index in [4.69, 9.17) is 0 Å². The molecule has 25 heavy (non-hydrogen) atoms. The van der Waals surface area contributed by atoms with Gasteiger partial charge >= 0.3 is 0 Å². The molecule has 3 heterocycles. The van der Waals surface area contributed by atoms with Gasteiger partial charge in [-0.15, -0.1) is 10.2 Å². The van der Waals surface area contributed by atoms with Crippen LogP contribution in [0.3, 0.4) is 0 Å². The number of pyridine rings is 1. The summed E-state index contributed by atoms with van der Waals surface area (Å²) in [5.74, 6) is 1.23. The predicted octanol–water partition coefficient (Wildman–Crippen LogP) is 1.85. The molecule has 1 N–H and O–H groups in total. The van der Waals surface area contributed by atoms with Crippen molar-refractivity contribution >= 4 is 5.91 Å². The van der Waals surface area contributed by atoms with Crippen LogP contribution in [0.25, 0.3) is 11.4 Å². The van der Waals surface area contributed by atoms with Crippen molar-refractivity contribution in [2.45, 2.75) is 19.5 Å². The first kappa shape index (κ1) is 15.3. The van der Waals surface area contributed by atoms with Gasteiger partial charge in [-0.3, -0.25) is 9.59 Å². The standard InChI is InChI=1S/C18H17N5O2/c1-12-10-22(18(25)14-9-19-8-7-15(14)24)11-16-20-21-17(23(12)16)13-5-3-2-4-6-13/h2-9,12H,10-11H2,1H3,(H,19,24)/t12-/m0/s1. The molecule has 1 aromatic carbocycles. The van der Waals surface area contributed by atoms with Crippen molar-refractivity contribution in [3.05, 3.63) is 70.4 Å². The smallest absolute Gasteiger partial charge is 0.259 e. The number of nitrogens with zero attached hydrogens (tertiary/aromatic N) is 4. The lowest BCUT2D eigenvalue weighted by molar-refractivity contribution is 0.0680. The third kappa shape index (κ3) is 2.63. The van der Waals surface area contributed by atoms with Crippen molar-refractivity contribution in [3.63, 3.8) is 0 Å². The van der Waals surface area contributed by atoms with Crippen LogP contribution >= 0.6 is 0 Å². The molecule has 1 amide bonds. The molecule has 0 unspecified atom stereocenters. The van der Waals surface area contributed by atoms with E-state index >= 15 is 0 Å².